The highest BCUT2D eigenvalue weighted by Crippen LogP contribution is 2.21. The first-order valence-electron chi connectivity index (χ1n) is 12.6. The number of allylic oxidation sites excluding steroid dienone is 4. The van der Waals surface area contributed by atoms with Crippen molar-refractivity contribution >= 4 is 5.91 Å². The summed E-state index contributed by atoms with van der Waals surface area (Å²) < 4.78 is 0. The van der Waals surface area contributed by atoms with E-state index in [4.69, 9.17) is 0 Å². The van der Waals surface area contributed by atoms with Gasteiger partial charge in [0, 0.05) is 12.5 Å². The molecule has 0 aromatic heterocycles. The van der Waals surface area contributed by atoms with Crippen LogP contribution in [0.5, 0.6) is 0 Å². The number of hydrogen-bond acceptors (Lipinski definition) is 2. The zero-order chi connectivity index (χ0) is 23.3. The van der Waals surface area contributed by atoms with Crippen molar-refractivity contribution in [1.29, 1.82) is 0 Å². The van der Waals surface area contributed by atoms with Crippen molar-refractivity contribution in [1.82, 2.24) is 10.6 Å². The first kappa shape index (κ1) is 25.0. The van der Waals surface area contributed by atoms with Gasteiger partial charge in [-0.3, -0.25) is 4.79 Å². The Kier molecular flexibility index (Phi) is 10.4. The average molecular weight is 445 g/mol. The van der Waals surface area contributed by atoms with Gasteiger partial charge in [-0.05, 0) is 75.5 Å². The van der Waals surface area contributed by atoms with Crippen LogP contribution in [-0.4, -0.2) is 12.5 Å². The van der Waals surface area contributed by atoms with Crippen molar-refractivity contribution in [3.8, 4) is 0 Å². The number of carbonyl (C=O) groups is 1. The van der Waals surface area contributed by atoms with Crippen LogP contribution in [0.4, 0.5) is 0 Å². The maximum atomic E-state index is 11.8. The number of amides is 1. The van der Waals surface area contributed by atoms with Gasteiger partial charge >= 0.3 is 0 Å². The molecule has 0 heterocycles. The third kappa shape index (κ3) is 9.01. The summed E-state index contributed by atoms with van der Waals surface area (Å²) in [5.41, 5.74) is 2.53. The van der Waals surface area contributed by atoms with E-state index in [1.807, 2.05) is 37.3 Å². The lowest BCUT2D eigenvalue weighted by Gasteiger charge is -2.15. The maximum Gasteiger partial charge on any atom is 0.221 e. The van der Waals surface area contributed by atoms with E-state index in [0.717, 1.165) is 30.9 Å². The van der Waals surface area contributed by atoms with Crippen LogP contribution in [0.3, 0.4) is 0 Å². The van der Waals surface area contributed by atoms with Crippen LogP contribution >= 0.6 is 0 Å². The zero-order valence-corrected chi connectivity index (χ0v) is 20.3. The number of rotatable bonds is 9. The standard InChI is InChI=1S/C15H19NO.C15H21N/c1-12(14-9-3-2-4-10-14)16-15(17)11-13-7-5-6-8-13;1-13(15-9-3-2-4-10-15)16-12-11-14-7-5-6-8-14/h2-5,7,9-10,12-13H,6,8,11H2,1H3,(H,16,17);2-5,7,9-10,13-14,16H,6,8,11-12H2,1H3/t12-,13?;13-,14?/m11/s1. The first-order chi connectivity index (χ1) is 16.1. The average Bonchev–Trinajstić information content (AvgIpc) is 3.55. The molecule has 176 valence electrons. The Hall–Kier alpha value is -2.65. The van der Waals surface area contributed by atoms with Crippen LogP contribution in [0.2, 0.25) is 0 Å². The van der Waals surface area contributed by atoms with E-state index in [1.165, 1.54) is 24.8 Å². The minimum Gasteiger partial charge on any atom is -0.350 e. The number of hydrogen-bond donors (Lipinski definition) is 2. The Bertz CT molecular complexity index is 875. The second-order valence-electron chi connectivity index (χ2n) is 9.31. The van der Waals surface area contributed by atoms with Crippen molar-refractivity contribution in [3.63, 3.8) is 0 Å². The summed E-state index contributed by atoms with van der Waals surface area (Å²) in [5, 5.41) is 6.64. The molecule has 33 heavy (non-hydrogen) atoms. The normalized spacial score (nSPS) is 20.7. The second kappa shape index (κ2) is 13.8. The highest BCUT2D eigenvalue weighted by Gasteiger charge is 2.16. The lowest BCUT2D eigenvalue weighted by Crippen LogP contribution is -2.27. The van der Waals surface area contributed by atoms with Crippen LogP contribution < -0.4 is 10.6 Å². The fourth-order valence-electron chi connectivity index (χ4n) is 4.51. The third-order valence-electron chi connectivity index (χ3n) is 6.61. The number of nitrogens with one attached hydrogen (secondary N) is 2. The largest absolute Gasteiger partial charge is 0.350 e. The van der Waals surface area contributed by atoms with Gasteiger partial charge in [-0.25, -0.2) is 0 Å². The van der Waals surface area contributed by atoms with E-state index in [2.05, 4.69) is 72.2 Å². The quantitative estimate of drug-likeness (QED) is 0.412. The Morgan fingerprint density at radius 2 is 1.36 bits per heavy atom. The van der Waals surface area contributed by atoms with Crippen LogP contribution in [0.25, 0.3) is 0 Å². The van der Waals surface area contributed by atoms with Crippen molar-refractivity contribution in [2.45, 2.75) is 64.5 Å². The van der Waals surface area contributed by atoms with Gasteiger partial charge in [-0.15, -0.1) is 0 Å². The van der Waals surface area contributed by atoms with E-state index in [-0.39, 0.29) is 11.9 Å². The smallest absolute Gasteiger partial charge is 0.221 e. The third-order valence-corrected chi connectivity index (χ3v) is 6.61. The number of benzene rings is 2. The predicted octanol–water partition coefficient (Wildman–Crippen LogP) is 6.91. The summed E-state index contributed by atoms with van der Waals surface area (Å²) >= 11 is 0. The molecule has 2 aromatic rings. The van der Waals surface area contributed by atoms with E-state index in [1.54, 1.807) is 0 Å². The Morgan fingerprint density at radius 3 is 1.91 bits per heavy atom. The van der Waals surface area contributed by atoms with Gasteiger partial charge in [-0.1, -0.05) is 85.0 Å². The van der Waals surface area contributed by atoms with Gasteiger partial charge in [0.1, 0.15) is 0 Å². The minimum atomic E-state index is 0.0917. The van der Waals surface area contributed by atoms with Crippen LogP contribution in [0.15, 0.2) is 85.0 Å². The summed E-state index contributed by atoms with van der Waals surface area (Å²) in [5.74, 6) is 1.41. The number of carbonyl (C=O) groups excluding carboxylic acids is 1. The van der Waals surface area contributed by atoms with Gasteiger partial charge in [0.15, 0.2) is 0 Å². The molecule has 2 N–H and O–H groups in total. The second-order valence-corrected chi connectivity index (χ2v) is 9.31. The van der Waals surface area contributed by atoms with E-state index in [0.29, 0.717) is 18.4 Å². The monoisotopic (exact) mass is 444 g/mol. The lowest BCUT2D eigenvalue weighted by molar-refractivity contribution is -0.122. The lowest BCUT2D eigenvalue weighted by atomic mass is 10.0. The minimum absolute atomic E-state index is 0.0917. The molecule has 3 nitrogen and oxygen atoms in total. The topological polar surface area (TPSA) is 41.1 Å². The summed E-state index contributed by atoms with van der Waals surface area (Å²) in [7, 11) is 0. The molecule has 0 bridgehead atoms. The molecule has 0 saturated heterocycles. The summed E-state index contributed by atoms with van der Waals surface area (Å²) in [6.07, 6.45) is 15.8. The molecule has 0 radical (unpaired) electrons. The molecule has 4 rings (SSSR count). The van der Waals surface area contributed by atoms with Crippen LogP contribution in [-0.2, 0) is 4.79 Å². The van der Waals surface area contributed by atoms with E-state index >= 15 is 0 Å². The molecule has 0 aliphatic heterocycles. The highest BCUT2D eigenvalue weighted by atomic mass is 16.1. The Balaban J connectivity index is 0.000000186. The van der Waals surface area contributed by atoms with Gasteiger partial charge in [0.05, 0.1) is 6.04 Å². The molecule has 2 aliphatic rings. The predicted molar refractivity (Wildman–Crippen MR) is 139 cm³/mol. The molecule has 0 saturated carbocycles. The van der Waals surface area contributed by atoms with Gasteiger partial charge in [0.25, 0.3) is 0 Å². The van der Waals surface area contributed by atoms with Crippen molar-refractivity contribution in [3.05, 3.63) is 96.1 Å². The molecule has 0 fully saturated rings. The van der Waals surface area contributed by atoms with Gasteiger partial charge < -0.3 is 10.6 Å². The van der Waals surface area contributed by atoms with Crippen molar-refractivity contribution < 1.29 is 4.79 Å². The summed E-state index contributed by atoms with van der Waals surface area (Å²) in [6, 6.07) is 21.3. The molecule has 2 aliphatic carbocycles. The zero-order valence-electron chi connectivity index (χ0n) is 20.3. The molecule has 4 atom stereocenters. The first-order valence-corrected chi connectivity index (χ1v) is 12.6. The summed E-state index contributed by atoms with van der Waals surface area (Å²) in [4.78, 5) is 11.8. The molecule has 2 unspecified atom stereocenters. The van der Waals surface area contributed by atoms with E-state index in [9.17, 15) is 4.79 Å². The molecular formula is C30H40N2O. The van der Waals surface area contributed by atoms with Gasteiger partial charge in [0.2, 0.25) is 5.91 Å². The summed E-state index contributed by atoms with van der Waals surface area (Å²) in [6.45, 7) is 5.38. The maximum absolute atomic E-state index is 11.8. The SMILES string of the molecule is C[C@@H](NC(=O)CC1C=CCC1)c1ccccc1.C[C@@H](NCCC1C=CCC1)c1ccccc1. The van der Waals surface area contributed by atoms with Crippen LogP contribution in [0, 0.1) is 11.8 Å². The fourth-order valence-corrected chi connectivity index (χ4v) is 4.51. The van der Waals surface area contributed by atoms with Crippen molar-refractivity contribution in [2.24, 2.45) is 11.8 Å². The molecule has 3 heteroatoms. The molecular weight excluding hydrogens is 404 g/mol. The van der Waals surface area contributed by atoms with E-state index < -0.39 is 0 Å². The Morgan fingerprint density at radius 1 is 0.818 bits per heavy atom. The van der Waals surface area contributed by atoms with Crippen LogP contribution in [0.1, 0.15) is 75.6 Å². The van der Waals surface area contributed by atoms with Gasteiger partial charge in [-0.2, -0.15) is 0 Å². The Labute approximate surface area is 200 Å². The molecule has 0 spiro atoms. The van der Waals surface area contributed by atoms with Crippen molar-refractivity contribution in [2.75, 3.05) is 6.54 Å². The highest BCUT2D eigenvalue weighted by molar-refractivity contribution is 5.77. The molecule has 1 amide bonds. The molecule has 2 aromatic carbocycles. The fraction of sp³-hybridized carbons (Fsp3) is 0.433.